The Balaban J connectivity index is 1.63. The van der Waals surface area contributed by atoms with E-state index in [0.29, 0.717) is 11.4 Å². The van der Waals surface area contributed by atoms with Crippen molar-refractivity contribution in [3.8, 4) is 5.75 Å². The molecule has 23 heavy (non-hydrogen) atoms. The van der Waals surface area contributed by atoms with Crippen molar-refractivity contribution in [2.75, 3.05) is 13.2 Å². The van der Waals surface area contributed by atoms with Gasteiger partial charge < -0.3 is 14.7 Å². The van der Waals surface area contributed by atoms with Crippen LogP contribution in [0.25, 0.3) is 0 Å². The molecule has 0 aliphatic carbocycles. The highest BCUT2D eigenvalue weighted by atomic mass is 32.1. The van der Waals surface area contributed by atoms with Crippen LogP contribution in [-0.2, 0) is 17.8 Å². The summed E-state index contributed by atoms with van der Waals surface area (Å²) in [6, 6.07) is 5.69. The number of fused-ring (bicyclic) bond motifs is 1. The number of aliphatic hydroxyl groups excluding tert-OH is 1. The lowest BCUT2D eigenvalue weighted by molar-refractivity contribution is -0.136. The summed E-state index contributed by atoms with van der Waals surface area (Å²) in [7, 11) is 0. The van der Waals surface area contributed by atoms with Gasteiger partial charge in [-0.1, -0.05) is 6.92 Å². The lowest BCUT2D eigenvalue weighted by atomic mass is 9.98. The van der Waals surface area contributed by atoms with E-state index in [2.05, 4.69) is 23.4 Å². The van der Waals surface area contributed by atoms with Gasteiger partial charge in [-0.05, 0) is 42.0 Å². The van der Waals surface area contributed by atoms with Crippen molar-refractivity contribution in [1.29, 1.82) is 0 Å². The van der Waals surface area contributed by atoms with Crippen LogP contribution >= 0.6 is 11.3 Å². The Morgan fingerprint density at radius 2 is 2.35 bits per heavy atom. The Hall–Kier alpha value is -1.92. The molecule has 1 aliphatic rings. The van der Waals surface area contributed by atoms with Crippen molar-refractivity contribution in [2.45, 2.75) is 32.4 Å². The molecule has 6 heteroatoms. The van der Waals surface area contributed by atoms with Gasteiger partial charge >= 0.3 is 0 Å². The van der Waals surface area contributed by atoms with Crippen molar-refractivity contribution in [3.63, 3.8) is 0 Å². The Kier molecular flexibility index (Phi) is 4.93. The number of carbonyl (C=O) groups excluding carboxylic acids is 1. The highest BCUT2D eigenvalue weighted by Crippen LogP contribution is 2.35. The lowest BCUT2D eigenvalue weighted by Crippen LogP contribution is -2.41. The number of nitrogens with zero attached hydrogens (tertiary/aromatic N) is 2. The van der Waals surface area contributed by atoms with E-state index in [1.165, 1.54) is 16.6 Å². The largest absolute Gasteiger partial charge is 0.482 e. The first kappa shape index (κ1) is 16.0. The molecular formula is C17H20N2O3S. The fourth-order valence-electron chi connectivity index (χ4n) is 2.95. The van der Waals surface area contributed by atoms with Gasteiger partial charge in [0.25, 0.3) is 5.91 Å². The Labute approximate surface area is 139 Å². The van der Waals surface area contributed by atoms with Crippen molar-refractivity contribution in [1.82, 2.24) is 9.88 Å². The Morgan fingerprint density at radius 1 is 1.48 bits per heavy atom. The van der Waals surface area contributed by atoms with Crippen LogP contribution in [0.2, 0.25) is 0 Å². The van der Waals surface area contributed by atoms with Crippen molar-refractivity contribution in [2.24, 2.45) is 0 Å². The second-order valence-electron chi connectivity index (χ2n) is 5.49. The topological polar surface area (TPSA) is 62.7 Å². The van der Waals surface area contributed by atoms with E-state index < -0.39 is 0 Å². The third kappa shape index (κ3) is 3.38. The van der Waals surface area contributed by atoms with Gasteiger partial charge in [-0.3, -0.25) is 9.78 Å². The van der Waals surface area contributed by atoms with E-state index in [1.54, 1.807) is 23.5 Å². The van der Waals surface area contributed by atoms with Crippen molar-refractivity contribution < 1.29 is 14.6 Å². The summed E-state index contributed by atoms with van der Waals surface area (Å²) >= 11 is 1.77. The van der Waals surface area contributed by atoms with E-state index in [9.17, 15) is 4.79 Å². The number of pyridine rings is 1. The number of ether oxygens (including phenoxy) is 1. The third-order valence-electron chi connectivity index (χ3n) is 4.12. The molecule has 0 bridgehead atoms. The van der Waals surface area contributed by atoms with Gasteiger partial charge in [0.1, 0.15) is 5.75 Å². The van der Waals surface area contributed by atoms with Crippen LogP contribution in [0.5, 0.6) is 5.75 Å². The number of hydrogen-bond donors (Lipinski definition) is 1. The van der Waals surface area contributed by atoms with Gasteiger partial charge in [0.05, 0.1) is 24.5 Å². The van der Waals surface area contributed by atoms with Crippen LogP contribution in [-0.4, -0.2) is 34.0 Å². The molecular weight excluding hydrogens is 312 g/mol. The molecule has 0 aromatic carbocycles. The van der Waals surface area contributed by atoms with Gasteiger partial charge in [0, 0.05) is 11.4 Å². The first-order chi connectivity index (χ1) is 11.2. The highest BCUT2D eigenvalue weighted by Gasteiger charge is 2.30. The average Bonchev–Trinajstić information content (AvgIpc) is 3.07. The summed E-state index contributed by atoms with van der Waals surface area (Å²) < 4.78 is 5.55. The zero-order chi connectivity index (χ0) is 16.2. The number of aromatic nitrogens is 1. The second kappa shape index (κ2) is 7.10. The molecule has 0 saturated carbocycles. The Bertz CT molecular complexity index is 669. The fraction of sp³-hybridized carbons (Fsp3) is 0.412. The summed E-state index contributed by atoms with van der Waals surface area (Å²) in [4.78, 5) is 19.9. The summed E-state index contributed by atoms with van der Waals surface area (Å²) in [5, 5.41) is 11.1. The smallest absolute Gasteiger partial charge is 0.261 e. The normalized spacial score (nSPS) is 17.0. The van der Waals surface area contributed by atoms with Gasteiger partial charge in [-0.2, -0.15) is 0 Å². The van der Waals surface area contributed by atoms with E-state index in [1.807, 2.05) is 4.90 Å². The van der Waals surface area contributed by atoms with Crippen molar-refractivity contribution >= 4 is 17.2 Å². The second-order valence-corrected chi connectivity index (χ2v) is 6.49. The van der Waals surface area contributed by atoms with Crippen LogP contribution in [0.4, 0.5) is 0 Å². The van der Waals surface area contributed by atoms with Gasteiger partial charge in [0.2, 0.25) is 0 Å². The molecule has 0 unspecified atom stereocenters. The highest BCUT2D eigenvalue weighted by molar-refractivity contribution is 7.10. The summed E-state index contributed by atoms with van der Waals surface area (Å²) in [6.07, 6.45) is 3.35. The SMILES string of the molecule is CC[C@@H]1c2ccsc2CCN1C(=O)COc1ccc(CO)nc1. The molecule has 1 amide bonds. The number of hydrogen-bond acceptors (Lipinski definition) is 5. The molecule has 3 rings (SSSR count). The molecule has 1 N–H and O–H groups in total. The number of aliphatic hydroxyl groups is 1. The maximum Gasteiger partial charge on any atom is 0.261 e. The first-order valence-corrected chi connectivity index (χ1v) is 8.65. The minimum Gasteiger partial charge on any atom is -0.482 e. The minimum absolute atomic E-state index is 0.0000604. The van der Waals surface area contributed by atoms with Crippen LogP contribution in [0.1, 0.15) is 35.5 Å². The molecule has 0 spiro atoms. The van der Waals surface area contributed by atoms with Crippen LogP contribution < -0.4 is 4.74 Å². The average molecular weight is 332 g/mol. The quantitative estimate of drug-likeness (QED) is 0.914. The van der Waals surface area contributed by atoms with Crippen molar-refractivity contribution in [3.05, 3.63) is 45.9 Å². The van der Waals surface area contributed by atoms with E-state index in [0.717, 1.165) is 19.4 Å². The van der Waals surface area contributed by atoms with Gasteiger partial charge in [0.15, 0.2) is 6.61 Å². The summed E-state index contributed by atoms with van der Waals surface area (Å²) in [6.45, 7) is 2.76. The molecule has 3 heterocycles. The molecule has 5 nitrogen and oxygen atoms in total. The molecule has 1 atom stereocenters. The number of thiophene rings is 1. The van der Waals surface area contributed by atoms with Gasteiger partial charge in [-0.25, -0.2) is 0 Å². The number of amides is 1. The van der Waals surface area contributed by atoms with E-state index in [-0.39, 0.29) is 25.2 Å². The summed E-state index contributed by atoms with van der Waals surface area (Å²) in [5.41, 5.74) is 1.86. The van der Waals surface area contributed by atoms with Gasteiger partial charge in [-0.15, -0.1) is 11.3 Å². The molecule has 122 valence electrons. The monoisotopic (exact) mass is 332 g/mol. The molecule has 2 aromatic rings. The predicted octanol–water partition coefficient (Wildman–Crippen LogP) is 2.55. The van der Waals surface area contributed by atoms with Crippen LogP contribution in [0, 0.1) is 0 Å². The number of rotatable bonds is 5. The van der Waals surface area contributed by atoms with Crippen LogP contribution in [0.3, 0.4) is 0 Å². The third-order valence-corrected chi connectivity index (χ3v) is 5.12. The minimum atomic E-state index is -0.103. The standard InChI is InChI=1S/C17H20N2O3S/c1-2-15-14-6-8-23-16(14)5-7-19(15)17(21)11-22-13-4-3-12(10-20)18-9-13/h3-4,6,8-9,15,20H,2,5,7,10-11H2,1H3/t15-/m1/s1. The molecule has 1 aliphatic heterocycles. The Morgan fingerprint density at radius 3 is 3.04 bits per heavy atom. The maximum absolute atomic E-state index is 12.5. The lowest BCUT2D eigenvalue weighted by Gasteiger charge is -2.35. The van der Waals surface area contributed by atoms with E-state index >= 15 is 0 Å². The fourth-order valence-corrected chi connectivity index (χ4v) is 3.88. The first-order valence-electron chi connectivity index (χ1n) is 7.77. The zero-order valence-corrected chi connectivity index (χ0v) is 13.9. The number of carbonyl (C=O) groups is 1. The molecule has 0 fully saturated rings. The summed E-state index contributed by atoms with van der Waals surface area (Å²) in [5.74, 6) is 0.539. The van der Waals surface area contributed by atoms with E-state index in [4.69, 9.17) is 9.84 Å². The van der Waals surface area contributed by atoms with Crippen LogP contribution in [0.15, 0.2) is 29.8 Å². The molecule has 2 aromatic heterocycles. The zero-order valence-electron chi connectivity index (χ0n) is 13.1. The maximum atomic E-state index is 12.5. The molecule has 0 saturated heterocycles. The molecule has 0 radical (unpaired) electrons. The predicted molar refractivity (Wildman–Crippen MR) is 88.4 cm³/mol.